The average Bonchev–Trinajstić information content (AvgIpc) is 3.18. The first-order valence-electron chi connectivity index (χ1n) is 12.0. The van der Waals surface area contributed by atoms with Gasteiger partial charge in [0.1, 0.15) is 12.4 Å². The molecule has 1 N–H and O–H groups in total. The highest BCUT2D eigenvalue weighted by molar-refractivity contribution is 7.92. The van der Waals surface area contributed by atoms with Gasteiger partial charge in [-0.2, -0.15) is 5.10 Å². The van der Waals surface area contributed by atoms with Crippen molar-refractivity contribution >= 4 is 27.8 Å². The fraction of sp³-hybridized carbons (Fsp3) is 0.172. The summed E-state index contributed by atoms with van der Waals surface area (Å²) in [5, 5.41) is 4.08. The van der Waals surface area contributed by atoms with E-state index in [2.05, 4.69) is 10.5 Å². The molecule has 0 unspecified atom stereocenters. The van der Waals surface area contributed by atoms with E-state index in [4.69, 9.17) is 0 Å². The maximum atomic E-state index is 13.5. The Kier molecular flexibility index (Phi) is 7.78. The second-order valence-corrected chi connectivity index (χ2v) is 10.9. The van der Waals surface area contributed by atoms with Gasteiger partial charge in [0.15, 0.2) is 0 Å². The van der Waals surface area contributed by atoms with Crippen LogP contribution in [0.4, 0.5) is 10.1 Å². The zero-order valence-electron chi connectivity index (χ0n) is 21.6. The number of aromatic nitrogens is 1. The van der Waals surface area contributed by atoms with E-state index in [-0.39, 0.29) is 10.7 Å². The first kappa shape index (κ1) is 26.8. The number of nitrogens with zero attached hydrogens (tertiary/aromatic N) is 3. The first-order chi connectivity index (χ1) is 18.1. The topological polar surface area (TPSA) is 83.8 Å². The molecule has 4 aromatic rings. The van der Waals surface area contributed by atoms with Crippen LogP contribution in [0.3, 0.4) is 0 Å². The molecular weight excluding hydrogens is 503 g/mol. The third-order valence-electron chi connectivity index (χ3n) is 6.34. The van der Waals surface area contributed by atoms with Gasteiger partial charge in [0.05, 0.1) is 16.8 Å². The van der Waals surface area contributed by atoms with E-state index >= 15 is 0 Å². The smallest absolute Gasteiger partial charge is 0.264 e. The quantitative estimate of drug-likeness (QED) is 0.250. The minimum Gasteiger partial charge on any atom is -0.318 e. The second-order valence-electron chi connectivity index (χ2n) is 9.02. The summed E-state index contributed by atoms with van der Waals surface area (Å²) in [6.07, 6.45) is 1.51. The van der Waals surface area contributed by atoms with Crippen LogP contribution in [0.1, 0.15) is 28.1 Å². The normalized spacial score (nSPS) is 11.6. The van der Waals surface area contributed by atoms with E-state index in [1.807, 2.05) is 44.4 Å². The minimum absolute atomic E-state index is 0.0859. The molecule has 0 saturated heterocycles. The van der Waals surface area contributed by atoms with E-state index in [0.29, 0.717) is 5.69 Å². The minimum atomic E-state index is -4.01. The van der Waals surface area contributed by atoms with Crippen LogP contribution in [0.15, 0.2) is 88.9 Å². The molecule has 0 bridgehead atoms. The van der Waals surface area contributed by atoms with Gasteiger partial charge in [-0.1, -0.05) is 24.3 Å². The lowest BCUT2D eigenvalue weighted by atomic mass is 10.1. The molecule has 1 heterocycles. The Morgan fingerprint density at radius 3 is 2.29 bits per heavy atom. The Labute approximate surface area is 222 Å². The van der Waals surface area contributed by atoms with E-state index in [1.54, 1.807) is 42.5 Å². The molecule has 3 aromatic carbocycles. The van der Waals surface area contributed by atoms with Gasteiger partial charge in [0.25, 0.3) is 15.9 Å². The Bertz CT molecular complexity index is 1600. The first-order valence-corrected chi connectivity index (χ1v) is 13.4. The van der Waals surface area contributed by atoms with Gasteiger partial charge >= 0.3 is 0 Å². The third-order valence-corrected chi connectivity index (χ3v) is 8.13. The Morgan fingerprint density at radius 1 is 0.947 bits per heavy atom. The number of benzene rings is 3. The largest absolute Gasteiger partial charge is 0.318 e. The zero-order valence-corrected chi connectivity index (χ0v) is 22.5. The molecule has 196 valence electrons. The van der Waals surface area contributed by atoms with Crippen LogP contribution >= 0.6 is 0 Å². The molecule has 0 aliphatic heterocycles. The van der Waals surface area contributed by atoms with Crippen LogP contribution in [0.25, 0.3) is 5.69 Å². The number of anilines is 1. The van der Waals surface area contributed by atoms with Gasteiger partial charge in [-0.25, -0.2) is 18.2 Å². The monoisotopic (exact) mass is 532 g/mol. The Hall–Kier alpha value is -4.24. The molecule has 1 aromatic heterocycles. The summed E-state index contributed by atoms with van der Waals surface area (Å²) in [5.74, 6) is -0.906. The number of amides is 1. The van der Waals surface area contributed by atoms with E-state index in [9.17, 15) is 17.6 Å². The number of rotatable bonds is 8. The van der Waals surface area contributed by atoms with E-state index in [0.717, 1.165) is 38.1 Å². The van der Waals surface area contributed by atoms with Crippen LogP contribution in [0.5, 0.6) is 0 Å². The molecule has 1 amide bonds. The molecular formula is C29H29FN4O3S. The predicted molar refractivity (Wildman–Crippen MR) is 148 cm³/mol. The van der Waals surface area contributed by atoms with Crippen LogP contribution in [0, 0.1) is 33.5 Å². The lowest BCUT2D eigenvalue weighted by Crippen LogP contribution is -2.39. The van der Waals surface area contributed by atoms with Gasteiger partial charge in [0, 0.05) is 22.6 Å². The number of hydrazone groups is 1. The van der Waals surface area contributed by atoms with E-state index < -0.39 is 22.5 Å². The van der Waals surface area contributed by atoms with Crippen molar-refractivity contribution in [3.05, 3.63) is 113 Å². The van der Waals surface area contributed by atoms with Crippen LogP contribution in [-0.2, 0) is 14.8 Å². The fourth-order valence-electron chi connectivity index (χ4n) is 4.16. The number of hydrogen-bond acceptors (Lipinski definition) is 4. The number of hydrogen-bond donors (Lipinski definition) is 1. The molecule has 0 fully saturated rings. The van der Waals surface area contributed by atoms with Crippen LogP contribution in [-0.4, -0.2) is 31.7 Å². The molecule has 9 heteroatoms. The van der Waals surface area contributed by atoms with Crippen LogP contribution in [0.2, 0.25) is 0 Å². The van der Waals surface area contributed by atoms with Crippen molar-refractivity contribution in [2.45, 2.75) is 32.6 Å². The fourth-order valence-corrected chi connectivity index (χ4v) is 5.59. The number of nitrogens with one attached hydrogen (secondary N) is 1. The lowest BCUT2D eigenvalue weighted by Gasteiger charge is -2.24. The van der Waals surface area contributed by atoms with E-state index in [1.165, 1.54) is 30.5 Å². The summed E-state index contributed by atoms with van der Waals surface area (Å²) in [5.41, 5.74) is 8.09. The highest BCUT2D eigenvalue weighted by Crippen LogP contribution is 2.26. The van der Waals surface area contributed by atoms with Gasteiger partial charge in [-0.15, -0.1) is 0 Å². The van der Waals surface area contributed by atoms with Gasteiger partial charge in [-0.05, 0) is 93.4 Å². The number of sulfonamides is 1. The standard InChI is InChI=1S/C29H29FN4O3S/c1-20-10-13-27(16-21(20)2)33(38(36,37)28-8-6-5-7-9-28)19-29(35)32-31-18-24-17-22(3)34(23(24)4)26-14-11-25(30)12-15-26/h5-18H,19H2,1-4H3,(H,32,35)/b31-18+. The van der Waals surface area contributed by atoms with Crippen molar-refractivity contribution in [3.63, 3.8) is 0 Å². The highest BCUT2D eigenvalue weighted by atomic mass is 32.2. The Balaban J connectivity index is 1.56. The summed E-state index contributed by atoms with van der Waals surface area (Å²) in [7, 11) is -4.01. The second kappa shape index (κ2) is 11.0. The average molecular weight is 533 g/mol. The van der Waals surface area contributed by atoms with Crippen molar-refractivity contribution < 1.29 is 17.6 Å². The van der Waals surface area contributed by atoms with Crippen LogP contribution < -0.4 is 9.73 Å². The van der Waals surface area contributed by atoms with Crippen molar-refractivity contribution in [3.8, 4) is 5.69 Å². The maximum absolute atomic E-state index is 13.5. The van der Waals surface area contributed by atoms with Crippen molar-refractivity contribution in [1.82, 2.24) is 9.99 Å². The summed E-state index contributed by atoms with van der Waals surface area (Å²) in [4.78, 5) is 13.0. The molecule has 38 heavy (non-hydrogen) atoms. The number of carbonyl (C=O) groups is 1. The summed E-state index contributed by atoms with van der Waals surface area (Å²) in [6, 6.07) is 21.3. The molecule has 0 radical (unpaired) electrons. The third kappa shape index (κ3) is 5.68. The van der Waals surface area contributed by atoms with Crippen molar-refractivity contribution in [1.29, 1.82) is 0 Å². The van der Waals surface area contributed by atoms with Gasteiger partial charge in [-0.3, -0.25) is 9.10 Å². The van der Waals surface area contributed by atoms with Crippen molar-refractivity contribution in [2.24, 2.45) is 5.10 Å². The molecule has 7 nitrogen and oxygen atoms in total. The molecule has 0 spiro atoms. The number of carbonyl (C=O) groups excluding carboxylic acids is 1. The predicted octanol–water partition coefficient (Wildman–Crippen LogP) is 5.20. The number of aryl methyl sites for hydroxylation is 3. The lowest BCUT2D eigenvalue weighted by molar-refractivity contribution is -0.119. The van der Waals surface area contributed by atoms with Crippen molar-refractivity contribution in [2.75, 3.05) is 10.8 Å². The zero-order chi connectivity index (χ0) is 27.4. The summed E-state index contributed by atoms with van der Waals surface area (Å²) in [6.45, 7) is 7.18. The summed E-state index contributed by atoms with van der Waals surface area (Å²) < 4.78 is 43.3. The highest BCUT2D eigenvalue weighted by Gasteiger charge is 2.27. The maximum Gasteiger partial charge on any atom is 0.264 e. The number of halogens is 1. The molecule has 0 aliphatic rings. The SMILES string of the molecule is Cc1ccc(N(CC(=O)N/N=C/c2cc(C)n(-c3ccc(F)cc3)c2C)S(=O)(=O)c2ccccc2)cc1C. The Morgan fingerprint density at radius 2 is 1.63 bits per heavy atom. The molecule has 0 atom stereocenters. The summed E-state index contributed by atoms with van der Waals surface area (Å²) >= 11 is 0. The molecule has 0 saturated carbocycles. The van der Waals surface area contributed by atoms with Gasteiger partial charge in [0.2, 0.25) is 0 Å². The molecule has 4 rings (SSSR count). The van der Waals surface area contributed by atoms with Gasteiger partial charge < -0.3 is 4.57 Å². The molecule has 0 aliphatic carbocycles.